The first kappa shape index (κ1) is 13.5. The maximum Gasteiger partial charge on any atom is 0.213 e. The van der Waals surface area contributed by atoms with E-state index in [2.05, 4.69) is 20.9 Å². The molecule has 2 aromatic rings. The summed E-state index contributed by atoms with van der Waals surface area (Å²) < 4.78 is 11.5. The molecule has 98 valence electrons. The number of nitrogens with zero attached hydrogens (tertiary/aromatic N) is 1. The highest BCUT2D eigenvalue weighted by atomic mass is 79.9. The Morgan fingerprint density at radius 1 is 1.32 bits per heavy atom. The third kappa shape index (κ3) is 3.54. The van der Waals surface area contributed by atoms with Crippen molar-refractivity contribution in [3.8, 4) is 11.6 Å². The minimum absolute atomic E-state index is 0.277. The molecule has 0 radical (unpaired) electrons. The van der Waals surface area contributed by atoms with E-state index < -0.39 is 0 Å². The molecule has 0 spiro atoms. The first-order valence-corrected chi connectivity index (χ1v) is 6.39. The normalized spacial score (nSPS) is 10.0. The third-order valence-corrected chi connectivity index (χ3v) is 2.96. The van der Waals surface area contributed by atoms with Crippen LogP contribution in [0.1, 0.15) is 16.1 Å². The van der Waals surface area contributed by atoms with Crippen LogP contribution in [0.2, 0.25) is 0 Å². The zero-order valence-electron chi connectivity index (χ0n) is 10.3. The lowest BCUT2D eigenvalue weighted by molar-refractivity contribution is 0.111. The fourth-order valence-electron chi connectivity index (χ4n) is 1.55. The summed E-state index contributed by atoms with van der Waals surface area (Å²) in [6.45, 7) is 0.277. The second-order valence-electron chi connectivity index (χ2n) is 3.76. The largest absolute Gasteiger partial charge is 0.487 e. The Kier molecular flexibility index (Phi) is 4.52. The van der Waals surface area contributed by atoms with Crippen molar-refractivity contribution in [3.05, 3.63) is 52.1 Å². The lowest BCUT2D eigenvalue weighted by Gasteiger charge is -2.09. The average Bonchev–Trinajstić information content (AvgIpc) is 2.46. The van der Waals surface area contributed by atoms with E-state index in [1.165, 1.54) is 0 Å². The number of pyridine rings is 1. The first-order valence-electron chi connectivity index (χ1n) is 5.60. The fourth-order valence-corrected chi connectivity index (χ4v) is 1.92. The molecule has 1 aromatic heterocycles. The van der Waals surface area contributed by atoms with E-state index in [4.69, 9.17) is 9.47 Å². The number of benzene rings is 1. The van der Waals surface area contributed by atoms with Crippen molar-refractivity contribution >= 4 is 22.2 Å². The number of carbonyl (C=O) groups is 1. The molecule has 0 aliphatic carbocycles. The number of methoxy groups -OCH3 is 1. The van der Waals surface area contributed by atoms with Crippen molar-refractivity contribution in [2.75, 3.05) is 7.11 Å². The maximum atomic E-state index is 11.0. The number of carbonyl (C=O) groups excluding carboxylic acids is 1. The predicted molar refractivity (Wildman–Crippen MR) is 74.7 cm³/mol. The molecule has 2 rings (SSSR count). The van der Waals surface area contributed by atoms with Gasteiger partial charge in [-0.25, -0.2) is 4.98 Å². The van der Waals surface area contributed by atoms with E-state index in [-0.39, 0.29) is 6.61 Å². The van der Waals surface area contributed by atoms with E-state index in [0.29, 0.717) is 17.2 Å². The molecule has 0 aliphatic rings. The quantitative estimate of drug-likeness (QED) is 0.793. The van der Waals surface area contributed by atoms with Crippen LogP contribution < -0.4 is 9.47 Å². The molecule has 0 fully saturated rings. The van der Waals surface area contributed by atoms with Gasteiger partial charge in [-0.3, -0.25) is 4.79 Å². The maximum absolute atomic E-state index is 11.0. The van der Waals surface area contributed by atoms with Crippen LogP contribution >= 0.6 is 15.9 Å². The molecule has 19 heavy (non-hydrogen) atoms. The molecule has 1 aromatic carbocycles. The van der Waals surface area contributed by atoms with Crippen LogP contribution in [0.5, 0.6) is 11.6 Å². The van der Waals surface area contributed by atoms with Crippen molar-refractivity contribution in [1.82, 2.24) is 4.98 Å². The van der Waals surface area contributed by atoms with E-state index in [0.717, 1.165) is 16.5 Å². The lowest BCUT2D eigenvalue weighted by atomic mass is 10.2. The lowest BCUT2D eigenvalue weighted by Crippen LogP contribution is -2.01. The van der Waals surface area contributed by atoms with Crippen molar-refractivity contribution < 1.29 is 14.3 Å². The second-order valence-corrected chi connectivity index (χ2v) is 4.68. The van der Waals surface area contributed by atoms with E-state index >= 15 is 0 Å². The van der Waals surface area contributed by atoms with Gasteiger partial charge in [0, 0.05) is 10.5 Å². The summed E-state index contributed by atoms with van der Waals surface area (Å²) in [5.74, 6) is 1.07. The zero-order valence-corrected chi connectivity index (χ0v) is 11.9. The minimum atomic E-state index is 0.277. The Balaban J connectivity index is 2.11. The van der Waals surface area contributed by atoms with Crippen molar-refractivity contribution in [2.45, 2.75) is 6.61 Å². The van der Waals surface area contributed by atoms with Crippen molar-refractivity contribution in [1.29, 1.82) is 0 Å². The summed E-state index contributed by atoms with van der Waals surface area (Å²) in [6, 6.07) is 10.7. The number of ether oxygens (including phenoxy) is 2. The summed E-state index contributed by atoms with van der Waals surface area (Å²) in [5, 5.41) is 0. The SMILES string of the molecule is COc1cccc(COc2ccc(Br)cc2C=O)n1. The molecular weight excluding hydrogens is 310 g/mol. The van der Waals surface area contributed by atoms with Gasteiger partial charge in [-0.05, 0) is 24.3 Å². The zero-order chi connectivity index (χ0) is 13.7. The average molecular weight is 322 g/mol. The highest BCUT2D eigenvalue weighted by Gasteiger charge is 2.05. The molecule has 0 bridgehead atoms. The molecule has 0 atom stereocenters. The van der Waals surface area contributed by atoms with Gasteiger partial charge in [-0.1, -0.05) is 22.0 Å². The Morgan fingerprint density at radius 2 is 2.16 bits per heavy atom. The van der Waals surface area contributed by atoms with E-state index in [1.807, 2.05) is 18.2 Å². The minimum Gasteiger partial charge on any atom is -0.487 e. The van der Waals surface area contributed by atoms with Crippen LogP contribution in [-0.2, 0) is 6.61 Å². The molecule has 0 saturated heterocycles. The molecule has 0 amide bonds. The van der Waals surface area contributed by atoms with E-state index in [9.17, 15) is 4.79 Å². The first-order chi connectivity index (χ1) is 9.22. The van der Waals surface area contributed by atoms with Gasteiger partial charge in [0.2, 0.25) is 5.88 Å². The molecule has 0 unspecified atom stereocenters. The third-order valence-electron chi connectivity index (χ3n) is 2.46. The Morgan fingerprint density at radius 3 is 2.89 bits per heavy atom. The molecular formula is C14H12BrNO3. The topological polar surface area (TPSA) is 48.4 Å². The Bertz CT molecular complexity index is 587. The predicted octanol–water partition coefficient (Wildman–Crippen LogP) is 3.24. The van der Waals surface area contributed by atoms with Crippen molar-refractivity contribution in [2.24, 2.45) is 0 Å². The molecule has 1 heterocycles. The Hall–Kier alpha value is -1.88. The van der Waals surface area contributed by atoms with Crippen LogP contribution in [-0.4, -0.2) is 18.4 Å². The standard InChI is InChI=1S/C14H12BrNO3/c1-18-14-4-2-3-12(16-14)9-19-13-6-5-11(15)7-10(13)8-17/h2-8H,9H2,1H3. The highest BCUT2D eigenvalue weighted by molar-refractivity contribution is 9.10. The number of aromatic nitrogens is 1. The van der Waals surface area contributed by atoms with Crippen LogP contribution in [0, 0.1) is 0 Å². The van der Waals surface area contributed by atoms with Gasteiger partial charge < -0.3 is 9.47 Å². The second kappa shape index (κ2) is 6.33. The fraction of sp³-hybridized carbons (Fsp3) is 0.143. The summed E-state index contributed by atoms with van der Waals surface area (Å²) in [7, 11) is 1.56. The number of hydrogen-bond donors (Lipinski definition) is 0. The number of halogens is 1. The van der Waals surface area contributed by atoms with Crippen molar-refractivity contribution in [3.63, 3.8) is 0 Å². The summed E-state index contributed by atoms with van der Waals surface area (Å²) >= 11 is 3.31. The van der Waals surface area contributed by atoms with Gasteiger partial charge in [-0.15, -0.1) is 0 Å². The summed E-state index contributed by atoms with van der Waals surface area (Å²) in [4.78, 5) is 15.2. The van der Waals surface area contributed by atoms with Crippen LogP contribution in [0.15, 0.2) is 40.9 Å². The summed E-state index contributed by atoms with van der Waals surface area (Å²) in [6.07, 6.45) is 0.763. The van der Waals surface area contributed by atoms with E-state index in [1.54, 1.807) is 25.3 Å². The van der Waals surface area contributed by atoms with Crippen LogP contribution in [0.25, 0.3) is 0 Å². The molecule has 5 heteroatoms. The molecule has 0 saturated carbocycles. The number of aldehydes is 1. The number of hydrogen-bond acceptors (Lipinski definition) is 4. The molecule has 0 aliphatic heterocycles. The Labute approximate surface area is 119 Å². The molecule has 4 nitrogen and oxygen atoms in total. The van der Waals surface area contributed by atoms with Gasteiger partial charge in [-0.2, -0.15) is 0 Å². The van der Waals surface area contributed by atoms with Gasteiger partial charge in [0.1, 0.15) is 12.4 Å². The van der Waals surface area contributed by atoms with Gasteiger partial charge >= 0.3 is 0 Å². The van der Waals surface area contributed by atoms with Gasteiger partial charge in [0.15, 0.2) is 6.29 Å². The molecule has 0 N–H and O–H groups in total. The number of rotatable bonds is 5. The van der Waals surface area contributed by atoms with Gasteiger partial charge in [0.25, 0.3) is 0 Å². The highest BCUT2D eigenvalue weighted by Crippen LogP contribution is 2.22. The van der Waals surface area contributed by atoms with Crippen LogP contribution in [0.4, 0.5) is 0 Å². The smallest absolute Gasteiger partial charge is 0.213 e. The van der Waals surface area contributed by atoms with Crippen LogP contribution in [0.3, 0.4) is 0 Å². The monoisotopic (exact) mass is 321 g/mol. The van der Waals surface area contributed by atoms with Gasteiger partial charge in [0.05, 0.1) is 18.4 Å². The summed E-state index contributed by atoms with van der Waals surface area (Å²) in [5.41, 5.74) is 1.23.